The second kappa shape index (κ2) is 13.1. The molecule has 0 fully saturated rings. The van der Waals surface area contributed by atoms with Crippen LogP contribution in [-0.4, -0.2) is 50.8 Å². The molecule has 10 nitrogen and oxygen atoms in total. The minimum atomic E-state index is -4.53. The Kier molecular flexibility index (Phi) is 12.9. The highest BCUT2D eigenvalue weighted by Gasteiger charge is 2.26. The normalized spacial score (nSPS) is 11.6. The summed E-state index contributed by atoms with van der Waals surface area (Å²) < 4.78 is 50.2. The molecule has 0 bridgehead atoms. The number of hydrogen-bond donors (Lipinski definition) is 5. The molecule has 15 heteroatoms. The number of sulfonamides is 1. The number of ether oxygens (including phenoxy) is 2. The van der Waals surface area contributed by atoms with E-state index in [1.165, 1.54) is 0 Å². The van der Waals surface area contributed by atoms with Crippen molar-refractivity contribution in [2.45, 2.75) is 24.0 Å². The fourth-order valence-corrected chi connectivity index (χ4v) is 6.29. The van der Waals surface area contributed by atoms with Crippen molar-refractivity contribution in [3.63, 3.8) is 0 Å². The highest BCUT2D eigenvalue weighted by molar-refractivity contribution is 7.92. The molecular weight excluding hydrogens is 512 g/mol. The largest absolute Gasteiger partial charge is 0.490 e. The van der Waals surface area contributed by atoms with Crippen LogP contribution in [0.15, 0.2) is 16.3 Å². The number of fused-ring (bicyclic) bond motifs is 1. The van der Waals surface area contributed by atoms with Crippen molar-refractivity contribution in [2.24, 2.45) is 11.5 Å². The van der Waals surface area contributed by atoms with Crippen LogP contribution in [0.4, 0.5) is 0 Å². The van der Waals surface area contributed by atoms with E-state index in [0.717, 1.165) is 11.3 Å². The van der Waals surface area contributed by atoms with Crippen LogP contribution in [0.5, 0.6) is 11.5 Å². The van der Waals surface area contributed by atoms with Gasteiger partial charge < -0.3 is 30.7 Å². The van der Waals surface area contributed by atoms with Crippen molar-refractivity contribution in [3.8, 4) is 11.5 Å². The van der Waals surface area contributed by atoms with E-state index >= 15 is 0 Å². The van der Waals surface area contributed by atoms with E-state index in [2.05, 4.69) is 0 Å². The lowest BCUT2D eigenvalue weighted by atomic mass is 10.2. The smallest absolute Gasteiger partial charge is 0.340 e. The third-order valence-electron chi connectivity index (χ3n) is 3.88. The molecule has 31 heavy (non-hydrogen) atoms. The second-order valence-electron chi connectivity index (χ2n) is 6.26. The third-order valence-corrected chi connectivity index (χ3v) is 7.94. The molecule has 0 unspecified atom stereocenters. The second-order valence-corrected chi connectivity index (χ2v) is 10.9. The molecule has 1 heterocycles. The molecular formula is C16H28Cl2N3O7PS2. The molecule has 0 saturated carbocycles. The van der Waals surface area contributed by atoms with Crippen molar-refractivity contribution in [3.05, 3.63) is 17.7 Å². The average Bonchev–Trinajstić information content (AvgIpc) is 2.97. The van der Waals surface area contributed by atoms with Gasteiger partial charge in [-0.2, -0.15) is 4.72 Å². The summed E-state index contributed by atoms with van der Waals surface area (Å²) in [6, 6.07) is 3.40. The number of halogens is 2. The van der Waals surface area contributed by atoms with Crippen LogP contribution in [0.25, 0.3) is 10.1 Å². The fourth-order valence-electron chi connectivity index (χ4n) is 2.45. The first kappa shape index (κ1) is 30.3. The van der Waals surface area contributed by atoms with E-state index in [1.54, 1.807) is 19.1 Å². The van der Waals surface area contributed by atoms with Crippen LogP contribution in [0.2, 0.25) is 0 Å². The molecule has 0 atom stereocenters. The first-order valence-corrected chi connectivity index (χ1v) is 13.0. The van der Waals surface area contributed by atoms with Crippen molar-refractivity contribution in [1.29, 1.82) is 0 Å². The van der Waals surface area contributed by atoms with Crippen molar-refractivity contribution in [2.75, 3.05) is 32.6 Å². The molecule has 0 amide bonds. The number of hydrogen-bond acceptors (Lipinski definition) is 8. The average molecular weight is 540 g/mol. The van der Waals surface area contributed by atoms with Gasteiger partial charge in [-0.3, -0.25) is 4.57 Å². The third kappa shape index (κ3) is 8.65. The van der Waals surface area contributed by atoms with Gasteiger partial charge in [0.1, 0.15) is 10.5 Å². The molecule has 2 rings (SSSR count). The van der Waals surface area contributed by atoms with Crippen LogP contribution in [0.1, 0.15) is 18.4 Å². The Bertz CT molecular complexity index is 999. The summed E-state index contributed by atoms with van der Waals surface area (Å²) >= 11 is 0.988. The number of thiophene rings is 1. The molecule has 180 valence electrons. The van der Waals surface area contributed by atoms with Gasteiger partial charge in [0.05, 0.1) is 13.2 Å². The minimum absolute atomic E-state index is 0. The van der Waals surface area contributed by atoms with Gasteiger partial charge >= 0.3 is 7.60 Å². The highest BCUT2D eigenvalue weighted by atomic mass is 35.5. The van der Waals surface area contributed by atoms with Gasteiger partial charge in [-0.25, -0.2) is 8.42 Å². The van der Waals surface area contributed by atoms with Crippen LogP contribution in [-0.2, 0) is 14.6 Å². The molecule has 0 radical (unpaired) electrons. The summed E-state index contributed by atoms with van der Waals surface area (Å²) in [7, 11) is -8.62. The van der Waals surface area contributed by atoms with Gasteiger partial charge in [-0.15, -0.1) is 36.2 Å². The maximum Gasteiger partial charge on any atom is 0.340 e. The first-order valence-electron chi connectivity index (χ1n) is 8.86. The van der Waals surface area contributed by atoms with Gasteiger partial charge in [0, 0.05) is 16.2 Å². The van der Waals surface area contributed by atoms with Crippen LogP contribution in [0.3, 0.4) is 0 Å². The van der Waals surface area contributed by atoms with Crippen LogP contribution in [0, 0.1) is 6.92 Å². The van der Waals surface area contributed by atoms with Crippen LogP contribution >= 0.6 is 43.7 Å². The topological polar surface area (TPSA) is 174 Å². The highest BCUT2D eigenvalue weighted by Crippen LogP contribution is 2.41. The minimum Gasteiger partial charge on any atom is -0.490 e. The molecule has 0 aliphatic rings. The maximum absolute atomic E-state index is 12.5. The molecule has 1 aromatic heterocycles. The van der Waals surface area contributed by atoms with Crippen molar-refractivity contribution >= 4 is 63.9 Å². The number of nitrogens with two attached hydrogens (primary N) is 2. The summed E-state index contributed by atoms with van der Waals surface area (Å²) in [6.45, 7) is 3.33. The van der Waals surface area contributed by atoms with E-state index < -0.39 is 23.9 Å². The lowest BCUT2D eigenvalue weighted by Crippen LogP contribution is -2.24. The van der Waals surface area contributed by atoms with Crippen LogP contribution < -0.4 is 25.7 Å². The molecule has 1 aromatic carbocycles. The Morgan fingerprint density at radius 2 is 1.58 bits per heavy atom. The van der Waals surface area contributed by atoms with Gasteiger partial charge in [0.15, 0.2) is 11.5 Å². The summed E-state index contributed by atoms with van der Waals surface area (Å²) in [4.78, 5) is 17.9. The lowest BCUT2D eigenvalue weighted by Gasteiger charge is -2.13. The number of rotatable bonds is 12. The van der Waals surface area contributed by atoms with Gasteiger partial charge in [-0.05, 0) is 44.5 Å². The maximum atomic E-state index is 12.5. The Balaban J connectivity index is 0.00000450. The summed E-state index contributed by atoms with van der Waals surface area (Å²) in [5.41, 5.74) is 11.5. The SMILES string of the molecule is Cc1c(S(=O)(=O)NCP(=O)(O)O)sc2cc(OCCCN)c(OCCCN)cc12.Cl.Cl. The predicted molar refractivity (Wildman–Crippen MR) is 127 cm³/mol. The lowest BCUT2D eigenvalue weighted by molar-refractivity contribution is 0.266. The van der Waals surface area contributed by atoms with E-state index in [9.17, 15) is 13.0 Å². The van der Waals surface area contributed by atoms with E-state index in [0.29, 0.717) is 66.3 Å². The van der Waals surface area contributed by atoms with E-state index in [-0.39, 0.29) is 29.0 Å². The fraction of sp³-hybridized carbons (Fsp3) is 0.500. The molecule has 7 N–H and O–H groups in total. The van der Waals surface area contributed by atoms with Gasteiger partial charge in [-0.1, -0.05) is 0 Å². The van der Waals surface area contributed by atoms with Gasteiger partial charge in [0.25, 0.3) is 10.0 Å². The number of nitrogens with one attached hydrogen (secondary N) is 1. The molecule has 0 saturated heterocycles. The summed E-state index contributed by atoms with van der Waals surface area (Å²) in [6.07, 6.45) is 0.328. The molecule has 0 spiro atoms. The van der Waals surface area contributed by atoms with E-state index in [1.807, 2.05) is 4.72 Å². The zero-order valence-corrected chi connectivity index (χ0v) is 20.9. The quantitative estimate of drug-likeness (QED) is 0.199. The molecule has 0 aliphatic heterocycles. The Morgan fingerprint density at radius 1 is 1.06 bits per heavy atom. The Hall–Kier alpha value is -0.660. The first-order chi connectivity index (χ1) is 13.6. The standard InChI is InChI=1S/C16H26N3O7PS2.2ClH/c1-11-12-8-13(25-6-2-4-17)14(26-7-3-5-18)9-15(12)28-16(11)29(23,24)19-10-27(20,21)22;;/h8-9,19H,2-7,10,17-18H2,1H3,(H2,20,21,22);2*1H. The number of aryl methyl sites for hydroxylation is 1. The summed E-state index contributed by atoms with van der Waals surface area (Å²) in [5.74, 6) is 0.937. The van der Waals surface area contributed by atoms with Crippen molar-refractivity contribution in [1.82, 2.24) is 4.72 Å². The van der Waals surface area contributed by atoms with Crippen molar-refractivity contribution < 1.29 is 32.2 Å². The zero-order valence-electron chi connectivity index (χ0n) is 16.8. The Labute approximate surface area is 197 Å². The summed E-state index contributed by atoms with van der Waals surface area (Å²) in [5, 5.41) is 0.653. The number of benzene rings is 1. The predicted octanol–water partition coefficient (Wildman–Crippen LogP) is 1.92. The monoisotopic (exact) mass is 539 g/mol. The molecule has 0 aliphatic carbocycles. The van der Waals surface area contributed by atoms with E-state index in [4.69, 9.17) is 30.7 Å². The zero-order chi connectivity index (χ0) is 21.7. The molecule has 2 aromatic rings. The van der Waals surface area contributed by atoms with Gasteiger partial charge in [0.2, 0.25) is 0 Å². The Morgan fingerprint density at radius 3 is 2.06 bits per heavy atom.